The van der Waals surface area contributed by atoms with Gasteiger partial charge in [-0.3, -0.25) is 4.90 Å². The summed E-state index contributed by atoms with van der Waals surface area (Å²) in [5, 5.41) is 8.92. The number of rotatable bonds is 5. The standard InChI is InChI=1S/C12H19FN2O/c1-9(14)12(15(2)7-8-16)10-3-5-11(13)6-4-10/h3-6,9,12,16H,7-8,14H2,1-2H3. The van der Waals surface area contributed by atoms with Crippen LogP contribution < -0.4 is 5.73 Å². The summed E-state index contributed by atoms with van der Waals surface area (Å²) < 4.78 is 12.8. The molecule has 16 heavy (non-hydrogen) atoms. The second kappa shape index (κ2) is 5.94. The molecule has 0 bridgehead atoms. The van der Waals surface area contributed by atoms with Gasteiger partial charge in [-0.05, 0) is 31.7 Å². The molecule has 0 aromatic heterocycles. The third kappa shape index (κ3) is 3.27. The first-order valence-corrected chi connectivity index (χ1v) is 5.38. The lowest BCUT2D eigenvalue weighted by atomic mass is 9.99. The van der Waals surface area contributed by atoms with Crippen molar-refractivity contribution >= 4 is 0 Å². The highest BCUT2D eigenvalue weighted by Crippen LogP contribution is 2.22. The molecular weight excluding hydrogens is 207 g/mol. The molecule has 90 valence electrons. The molecule has 1 aromatic rings. The zero-order chi connectivity index (χ0) is 12.1. The minimum atomic E-state index is -0.253. The molecule has 0 amide bonds. The SMILES string of the molecule is CC(N)C(c1ccc(F)cc1)N(C)CCO. The Morgan fingerprint density at radius 1 is 1.38 bits per heavy atom. The van der Waals surface area contributed by atoms with Gasteiger partial charge < -0.3 is 10.8 Å². The molecular formula is C12H19FN2O. The summed E-state index contributed by atoms with van der Waals surface area (Å²) in [6, 6.07) is 6.23. The highest BCUT2D eigenvalue weighted by atomic mass is 19.1. The van der Waals surface area contributed by atoms with Crippen molar-refractivity contribution in [3.8, 4) is 0 Å². The molecule has 2 atom stereocenters. The van der Waals surface area contributed by atoms with Crippen molar-refractivity contribution < 1.29 is 9.50 Å². The van der Waals surface area contributed by atoms with Crippen LogP contribution in [-0.2, 0) is 0 Å². The maximum absolute atomic E-state index is 12.8. The average molecular weight is 226 g/mol. The van der Waals surface area contributed by atoms with Crippen molar-refractivity contribution in [3.05, 3.63) is 35.6 Å². The lowest BCUT2D eigenvalue weighted by Gasteiger charge is -2.30. The lowest BCUT2D eigenvalue weighted by molar-refractivity contribution is 0.167. The van der Waals surface area contributed by atoms with Crippen LogP contribution in [0.15, 0.2) is 24.3 Å². The predicted octanol–water partition coefficient (Wildman–Crippen LogP) is 1.14. The average Bonchev–Trinajstić information content (AvgIpc) is 2.21. The Morgan fingerprint density at radius 2 is 1.94 bits per heavy atom. The minimum absolute atomic E-state index is 0.00671. The van der Waals surface area contributed by atoms with Crippen LogP contribution in [-0.4, -0.2) is 36.2 Å². The quantitative estimate of drug-likeness (QED) is 0.791. The second-order valence-electron chi connectivity index (χ2n) is 4.06. The second-order valence-corrected chi connectivity index (χ2v) is 4.06. The number of halogens is 1. The first-order valence-electron chi connectivity index (χ1n) is 5.38. The van der Waals surface area contributed by atoms with Gasteiger partial charge >= 0.3 is 0 Å². The van der Waals surface area contributed by atoms with Crippen LogP contribution >= 0.6 is 0 Å². The summed E-state index contributed by atoms with van der Waals surface area (Å²) in [5.41, 5.74) is 6.89. The van der Waals surface area contributed by atoms with E-state index in [4.69, 9.17) is 10.8 Å². The van der Waals surface area contributed by atoms with Gasteiger partial charge in [-0.25, -0.2) is 4.39 Å². The molecule has 1 rings (SSSR count). The van der Waals surface area contributed by atoms with Gasteiger partial charge in [0.05, 0.1) is 6.61 Å². The number of benzene rings is 1. The number of likely N-dealkylation sites (N-methyl/N-ethyl adjacent to an activating group) is 1. The fourth-order valence-electron chi connectivity index (χ4n) is 1.92. The van der Waals surface area contributed by atoms with E-state index in [0.29, 0.717) is 6.54 Å². The fourth-order valence-corrected chi connectivity index (χ4v) is 1.92. The first kappa shape index (κ1) is 13.1. The Morgan fingerprint density at radius 3 is 2.38 bits per heavy atom. The van der Waals surface area contributed by atoms with Crippen LogP contribution in [0, 0.1) is 5.82 Å². The number of nitrogens with two attached hydrogens (primary N) is 1. The zero-order valence-electron chi connectivity index (χ0n) is 9.73. The largest absolute Gasteiger partial charge is 0.395 e. The molecule has 3 nitrogen and oxygen atoms in total. The molecule has 0 fully saturated rings. The molecule has 0 heterocycles. The normalized spacial score (nSPS) is 15.1. The number of hydrogen-bond acceptors (Lipinski definition) is 3. The summed E-state index contributed by atoms with van der Waals surface area (Å²) in [6.45, 7) is 2.53. The predicted molar refractivity (Wildman–Crippen MR) is 62.5 cm³/mol. The molecule has 0 saturated heterocycles. The monoisotopic (exact) mass is 226 g/mol. The Balaban J connectivity index is 2.89. The molecule has 0 spiro atoms. The Kier molecular flexibility index (Phi) is 4.86. The third-order valence-corrected chi connectivity index (χ3v) is 2.64. The van der Waals surface area contributed by atoms with Gasteiger partial charge in [0.25, 0.3) is 0 Å². The first-order chi connectivity index (χ1) is 7.56. The summed E-state index contributed by atoms with van der Waals surface area (Å²) in [4.78, 5) is 1.97. The molecule has 0 aliphatic heterocycles. The van der Waals surface area contributed by atoms with Crippen LogP contribution in [0.2, 0.25) is 0 Å². The van der Waals surface area contributed by atoms with Crippen molar-refractivity contribution in [1.82, 2.24) is 4.90 Å². The van der Waals surface area contributed by atoms with Crippen LogP contribution in [0.1, 0.15) is 18.5 Å². The zero-order valence-corrected chi connectivity index (χ0v) is 9.73. The van der Waals surface area contributed by atoms with E-state index in [1.807, 2.05) is 18.9 Å². The molecule has 4 heteroatoms. The van der Waals surface area contributed by atoms with Gasteiger partial charge in [0.15, 0.2) is 0 Å². The number of hydrogen-bond donors (Lipinski definition) is 2. The van der Waals surface area contributed by atoms with Crippen molar-refractivity contribution in [1.29, 1.82) is 0 Å². The van der Waals surface area contributed by atoms with Crippen LogP contribution in [0.5, 0.6) is 0 Å². The highest BCUT2D eigenvalue weighted by Gasteiger charge is 2.20. The van der Waals surface area contributed by atoms with Crippen LogP contribution in [0.4, 0.5) is 4.39 Å². The van der Waals surface area contributed by atoms with Gasteiger partial charge in [-0.1, -0.05) is 12.1 Å². The summed E-state index contributed by atoms with van der Waals surface area (Å²) >= 11 is 0. The van der Waals surface area contributed by atoms with E-state index in [9.17, 15) is 4.39 Å². The number of aliphatic hydroxyl groups excluding tert-OH is 1. The van der Waals surface area contributed by atoms with E-state index in [2.05, 4.69) is 0 Å². The fraction of sp³-hybridized carbons (Fsp3) is 0.500. The van der Waals surface area contributed by atoms with Gasteiger partial charge in [-0.2, -0.15) is 0 Å². The van der Waals surface area contributed by atoms with Gasteiger partial charge in [0, 0.05) is 18.6 Å². The van der Waals surface area contributed by atoms with E-state index < -0.39 is 0 Å². The van der Waals surface area contributed by atoms with Gasteiger partial charge in [0.2, 0.25) is 0 Å². The van der Waals surface area contributed by atoms with Crippen molar-refractivity contribution in [2.75, 3.05) is 20.2 Å². The maximum atomic E-state index is 12.8. The maximum Gasteiger partial charge on any atom is 0.123 e. The number of nitrogens with zero attached hydrogens (tertiary/aromatic N) is 1. The summed E-state index contributed by atoms with van der Waals surface area (Å²) in [5.74, 6) is -0.253. The topological polar surface area (TPSA) is 49.5 Å². The lowest BCUT2D eigenvalue weighted by Crippen LogP contribution is -2.38. The van der Waals surface area contributed by atoms with E-state index in [-0.39, 0.29) is 24.5 Å². The van der Waals surface area contributed by atoms with E-state index >= 15 is 0 Å². The molecule has 0 aliphatic rings. The summed E-state index contributed by atoms with van der Waals surface area (Å²) in [6.07, 6.45) is 0. The Labute approximate surface area is 95.7 Å². The van der Waals surface area contributed by atoms with E-state index in [0.717, 1.165) is 5.56 Å². The third-order valence-electron chi connectivity index (χ3n) is 2.64. The highest BCUT2D eigenvalue weighted by molar-refractivity contribution is 5.21. The Bertz CT molecular complexity index is 313. The molecule has 3 N–H and O–H groups in total. The van der Waals surface area contributed by atoms with Gasteiger partial charge in [-0.15, -0.1) is 0 Å². The van der Waals surface area contributed by atoms with Crippen LogP contribution in [0.3, 0.4) is 0 Å². The van der Waals surface area contributed by atoms with E-state index in [1.54, 1.807) is 12.1 Å². The molecule has 1 aromatic carbocycles. The summed E-state index contributed by atoms with van der Waals surface area (Å²) in [7, 11) is 1.90. The Hall–Kier alpha value is -0.970. The van der Waals surface area contributed by atoms with E-state index in [1.165, 1.54) is 12.1 Å². The van der Waals surface area contributed by atoms with Crippen molar-refractivity contribution in [2.24, 2.45) is 5.73 Å². The van der Waals surface area contributed by atoms with Crippen LogP contribution in [0.25, 0.3) is 0 Å². The van der Waals surface area contributed by atoms with Gasteiger partial charge in [0.1, 0.15) is 5.82 Å². The molecule has 0 aliphatic carbocycles. The van der Waals surface area contributed by atoms with Crippen molar-refractivity contribution in [3.63, 3.8) is 0 Å². The minimum Gasteiger partial charge on any atom is -0.395 e. The van der Waals surface area contributed by atoms with Crippen molar-refractivity contribution in [2.45, 2.75) is 19.0 Å². The number of aliphatic hydroxyl groups is 1. The smallest absolute Gasteiger partial charge is 0.123 e. The molecule has 0 radical (unpaired) electrons. The molecule has 2 unspecified atom stereocenters. The molecule has 0 saturated carbocycles.